The molecule has 1 saturated heterocycles. The van der Waals surface area contributed by atoms with Crippen LogP contribution in [0.25, 0.3) is 0 Å². The Hall–Kier alpha value is -1.38. The van der Waals surface area contributed by atoms with Crippen molar-refractivity contribution in [1.29, 1.82) is 0 Å². The second-order valence-corrected chi connectivity index (χ2v) is 4.05. The molecule has 7 heteroatoms. The van der Waals surface area contributed by atoms with E-state index in [-0.39, 0.29) is 0 Å². The maximum absolute atomic E-state index is 9.70. The summed E-state index contributed by atoms with van der Waals surface area (Å²) in [6, 6.07) is 6.42. The summed E-state index contributed by atoms with van der Waals surface area (Å²) in [6.07, 6.45) is -4.27. The second-order valence-electron chi connectivity index (χ2n) is 4.05. The number of hydrogen-bond acceptors (Lipinski definition) is 7. The largest absolute Gasteiger partial charge is 0.462 e. The average Bonchev–Trinajstić information content (AvgIpc) is 2.69. The smallest absolute Gasteiger partial charge is 0.229 e. The zero-order chi connectivity index (χ0) is 13.8. The Morgan fingerprint density at radius 3 is 2.26 bits per heavy atom. The lowest BCUT2D eigenvalue weighted by Crippen LogP contribution is -2.35. The van der Waals surface area contributed by atoms with Gasteiger partial charge >= 0.3 is 0 Å². The third kappa shape index (κ3) is 3.14. The number of aliphatic hydroxyl groups is 3. The average molecular weight is 272 g/mol. The number of hydrogen-bond donors (Lipinski definition) is 3. The van der Waals surface area contributed by atoms with Gasteiger partial charge in [-0.25, -0.2) is 0 Å². The zero-order valence-corrected chi connectivity index (χ0v) is 10.3. The molecule has 0 amide bonds. The highest BCUT2D eigenvalue weighted by atomic mass is 17.2. The molecule has 0 radical (unpaired) electrons. The van der Waals surface area contributed by atoms with Gasteiger partial charge in [0.25, 0.3) is 0 Å². The van der Waals surface area contributed by atoms with E-state index in [4.69, 9.17) is 19.5 Å². The van der Waals surface area contributed by atoms with Crippen LogP contribution in [0.5, 0.6) is 11.5 Å². The normalized spacial score (nSPS) is 30.3. The van der Waals surface area contributed by atoms with E-state index in [1.807, 2.05) is 0 Å². The van der Waals surface area contributed by atoms with Crippen LogP contribution in [0.4, 0.5) is 0 Å². The van der Waals surface area contributed by atoms with Gasteiger partial charge in [-0.1, -0.05) is 0 Å². The van der Waals surface area contributed by atoms with Crippen LogP contribution in [0.3, 0.4) is 0 Å². The summed E-state index contributed by atoms with van der Waals surface area (Å²) in [7, 11) is 1.39. The Kier molecular flexibility index (Phi) is 4.56. The molecule has 106 valence electrons. The lowest BCUT2D eigenvalue weighted by molar-refractivity contribution is -0.178. The van der Waals surface area contributed by atoms with Crippen molar-refractivity contribution in [2.75, 3.05) is 13.7 Å². The molecule has 1 fully saturated rings. The Balaban J connectivity index is 1.97. The lowest BCUT2D eigenvalue weighted by Gasteiger charge is -2.16. The standard InChI is InChI=1S/C12H16O7/c1-16-19-8-4-2-7(3-5-8)17-12-11(15)10(14)9(6-13)18-12/h2-5,9-15H,6H2,1H3/t9-,10-,11-,12-/m1/s1. The van der Waals surface area contributed by atoms with Crippen molar-refractivity contribution in [3.63, 3.8) is 0 Å². The summed E-state index contributed by atoms with van der Waals surface area (Å²) in [5.41, 5.74) is 0. The SMILES string of the molecule is COOc1ccc(O[C@@H]2O[C@H](CO)[C@@H](O)[C@H]2O)cc1. The summed E-state index contributed by atoms with van der Waals surface area (Å²) in [5.74, 6) is 0.925. The van der Waals surface area contributed by atoms with Gasteiger partial charge in [0.1, 0.15) is 24.1 Å². The predicted molar refractivity (Wildman–Crippen MR) is 62.5 cm³/mol. The van der Waals surface area contributed by atoms with Crippen LogP contribution >= 0.6 is 0 Å². The molecule has 3 N–H and O–H groups in total. The topological polar surface area (TPSA) is 97.6 Å². The fourth-order valence-electron chi connectivity index (χ4n) is 1.77. The highest BCUT2D eigenvalue weighted by Crippen LogP contribution is 2.25. The minimum absolute atomic E-state index is 0.390. The van der Waals surface area contributed by atoms with Crippen LogP contribution in [0, 0.1) is 0 Å². The zero-order valence-electron chi connectivity index (χ0n) is 10.3. The maximum Gasteiger partial charge on any atom is 0.229 e. The molecule has 0 unspecified atom stereocenters. The van der Waals surface area contributed by atoms with Crippen molar-refractivity contribution in [2.45, 2.75) is 24.6 Å². The molecule has 1 aromatic carbocycles. The lowest BCUT2D eigenvalue weighted by atomic mass is 10.1. The first-order valence-electron chi connectivity index (χ1n) is 5.75. The van der Waals surface area contributed by atoms with Crippen LogP contribution < -0.4 is 9.62 Å². The number of ether oxygens (including phenoxy) is 2. The molecule has 2 rings (SSSR count). The Morgan fingerprint density at radius 1 is 1.11 bits per heavy atom. The molecule has 0 spiro atoms. The summed E-state index contributed by atoms with van der Waals surface area (Å²) < 4.78 is 10.6. The summed E-state index contributed by atoms with van der Waals surface area (Å²) in [4.78, 5) is 9.29. The van der Waals surface area contributed by atoms with Crippen molar-refractivity contribution >= 4 is 0 Å². The van der Waals surface area contributed by atoms with E-state index in [1.54, 1.807) is 24.3 Å². The molecule has 0 bridgehead atoms. The fourth-order valence-corrected chi connectivity index (χ4v) is 1.77. The molecule has 0 aliphatic carbocycles. The first-order chi connectivity index (χ1) is 9.15. The Morgan fingerprint density at radius 2 is 1.74 bits per heavy atom. The molecule has 1 aliphatic heterocycles. The van der Waals surface area contributed by atoms with Crippen LogP contribution in [-0.4, -0.2) is 53.6 Å². The van der Waals surface area contributed by atoms with Gasteiger partial charge < -0.3 is 29.7 Å². The summed E-state index contributed by atoms with van der Waals surface area (Å²) >= 11 is 0. The highest BCUT2D eigenvalue weighted by Gasteiger charge is 2.43. The van der Waals surface area contributed by atoms with Crippen LogP contribution in [0.2, 0.25) is 0 Å². The molecule has 1 aliphatic rings. The van der Waals surface area contributed by atoms with E-state index in [0.717, 1.165) is 0 Å². The summed E-state index contributed by atoms with van der Waals surface area (Å²) in [5, 5.41) is 28.2. The van der Waals surface area contributed by atoms with Crippen molar-refractivity contribution in [3.8, 4) is 11.5 Å². The van der Waals surface area contributed by atoms with Gasteiger partial charge in [-0.05, 0) is 24.3 Å². The minimum Gasteiger partial charge on any atom is -0.462 e. The summed E-state index contributed by atoms with van der Waals surface area (Å²) in [6.45, 7) is -0.390. The van der Waals surface area contributed by atoms with Crippen molar-refractivity contribution in [3.05, 3.63) is 24.3 Å². The van der Waals surface area contributed by atoms with Gasteiger partial charge in [0.15, 0.2) is 5.75 Å². The van der Waals surface area contributed by atoms with E-state index in [1.165, 1.54) is 7.11 Å². The van der Waals surface area contributed by atoms with Crippen LogP contribution in [0.15, 0.2) is 24.3 Å². The highest BCUT2D eigenvalue weighted by molar-refractivity contribution is 5.31. The molecule has 1 aromatic rings. The molecular formula is C12H16O7. The van der Waals surface area contributed by atoms with Crippen molar-refractivity contribution in [2.24, 2.45) is 0 Å². The molecule has 0 saturated carbocycles. The molecule has 4 atom stereocenters. The quantitative estimate of drug-likeness (QED) is 0.488. The maximum atomic E-state index is 9.70. The number of rotatable bonds is 5. The van der Waals surface area contributed by atoms with E-state index < -0.39 is 31.2 Å². The first-order valence-corrected chi connectivity index (χ1v) is 5.75. The van der Waals surface area contributed by atoms with Gasteiger partial charge in [-0.3, -0.25) is 0 Å². The monoisotopic (exact) mass is 272 g/mol. The van der Waals surface area contributed by atoms with E-state index in [2.05, 4.69) is 4.89 Å². The van der Waals surface area contributed by atoms with Crippen molar-refractivity contribution < 1.29 is 34.6 Å². The molecule has 19 heavy (non-hydrogen) atoms. The van der Waals surface area contributed by atoms with Gasteiger partial charge in [-0.2, -0.15) is 4.89 Å². The van der Waals surface area contributed by atoms with E-state index in [0.29, 0.717) is 11.5 Å². The number of aliphatic hydroxyl groups excluding tert-OH is 3. The number of benzene rings is 1. The Labute approximate surface area is 109 Å². The Bertz CT molecular complexity index is 394. The third-order valence-electron chi connectivity index (χ3n) is 2.75. The molecule has 0 aromatic heterocycles. The van der Waals surface area contributed by atoms with E-state index >= 15 is 0 Å². The van der Waals surface area contributed by atoms with Gasteiger partial charge in [0.05, 0.1) is 13.7 Å². The minimum atomic E-state index is -1.22. The van der Waals surface area contributed by atoms with Gasteiger partial charge in [0.2, 0.25) is 6.29 Å². The molecule has 1 heterocycles. The van der Waals surface area contributed by atoms with Crippen molar-refractivity contribution in [1.82, 2.24) is 0 Å². The van der Waals surface area contributed by atoms with Crippen LogP contribution in [0.1, 0.15) is 0 Å². The van der Waals surface area contributed by atoms with E-state index in [9.17, 15) is 10.2 Å². The van der Waals surface area contributed by atoms with Gasteiger partial charge in [0, 0.05) is 0 Å². The third-order valence-corrected chi connectivity index (χ3v) is 2.75. The van der Waals surface area contributed by atoms with Crippen LogP contribution in [-0.2, 0) is 9.62 Å². The molecule has 7 nitrogen and oxygen atoms in total. The van der Waals surface area contributed by atoms with Gasteiger partial charge in [-0.15, -0.1) is 0 Å². The second kappa shape index (κ2) is 6.18. The fraction of sp³-hybridized carbons (Fsp3) is 0.500. The first kappa shape index (κ1) is 14.0. The predicted octanol–water partition coefficient (Wildman–Crippen LogP) is -0.555. The molecular weight excluding hydrogens is 256 g/mol.